The molecule has 1 aliphatic carbocycles. The average molecular weight is 450 g/mol. The van der Waals surface area contributed by atoms with Gasteiger partial charge in [0.05, 0.1) is 0 Å². The lowest BCUT2D eigenvalue weighted by atomic mass is 9.99. The van der Waals surface area contributed by atoms with Crippen molar-refractivity contribution in [3.63, 3.8) is 0 Å². The van der Waals surface area contributed by atoms with Crippen LogP contribution in [-0.4, -0.2) is 15.0 Å². The molecule has 0 unspecified atom stereocenters. The summed E-state index contributed by atoms with van der Waals surface area (Å²) in [6, 6.07) is 19.8. The summed E-state index contributed by atoms with van der Waals surface area (Å²) in [6.07, 6.45) is 6.16. The maximum atomic E-state index is 6.44. The highest BCUT2D eigenvalue weighted by Gasteiger charge is 2.21. The summed E-state index contributed by atoms with van der Waals surface area (Å²) in [6.45, 7) is 0. The first-order valence-electron chi connectivity index (χ1n) is 10.8. The van der Waals surface area contributed by atoms with Crippen LogP contribution in [0.1, 0.15) is 17.7 Å². The Morgan fingerprint density at radius 2 is 1.39 bits per heavy atom. The maximum absolute atomic E-state index is 6.44. The number of hydrogen-bond donors (Lipinski definition) is 0. The first-order valence-corrected chi connectivity index (χ1v) is 11.2. The van der Waals surface area contributed by atoms with E-state index in [-0.39, 0.29) is 5.28 Å². The highest BCUT2D eigenvalue weighted by molar-refractivity contribution is 6.28. The second-order valence-corrected chi connectivity index (χ2v) is 8.43. The molecule has 6 heteroatoms. The van der Waals surface area contributed by atoms with Crippen molar-refractivity contribution >= 4 is 50.6 Å². The molecule has 0 radical (unpaired) electrons. The van der Waals surface area contributed by atoms with Crippen molar-refractivity contribution in [2.24, 2.45) is 0 Å². The van der Waals surface area contributed by atoms with Crippen LogP contribution in [0.3, 0.4) is 0 Å². The molecule has 6 aromatic rings. The number of nitrogens with zero attached hydrogens (tertiary/aromatic N) is 3. The first-order chi connectivity index (χ1) is 16.3. The second-order valence-electron chi connectivity index (χ2n) is 8.09. The highest BCUT2D eigenvalue weighted by Crippen LogP contribution is 2.39. The monoisotopic (exact) mass is 449 g/mol. The van der Waals surface area contributed by atoms with E-state index in [9.17, 15) is 0 Å². The van der Waals surface area contributed by atoms with E-state index in [1.807, 2.05) is 60.7 Å². The lowest BCUT2D eigenvalue weighted by Crippen LogP contribution is -1.98. The Hall–Kier alpha value is -3.96. The van der Waals surface area contributed by atoms with Crippen molar-refractivity contribution in [1.82, 2.24) is 15.0 Å². The third kappa shape index (κ3) is 2.82. The SMILES string of the molecule is Clc1nc(-c2cccc3oc4c(c23)C=CCC4)nc(-c2cccc3oc4ccccc4c23)n1. The van der Waals surface area contributed by atoms with Crippen LogP contribution in [0.5, 0.6) is 0 Å². The van der Waals surface area contributed by atoms with Gasteiger partial charge in [0.15, 0.2) is 11.6 Å². The number of aryl methyl sites for hydroxylation is 1. The Labute approximate surface area is 193 Å². The molecule has 33 heavy (non-hydrogen) atoms. The predicted molar refractivity (Wildman–Crippen MR) is 130 cm³/mol. The zero-order valence-electron chi connectivity index (χ0n) is 17.4. The van der Waals surface area contributed by atoms with Gasteiger partial charge in [-0.3, -0.25) is 0 Å². The van der Waals surface area contributed by atoms with Crippen molar-refractivity contribution in [3.8, 4) is 22.8 Å². The fraction of sp³-hybridized carbons (Fsp3) is 0.0741. The minimum Gasteiger partial charge on any atom is -0.460 e. The Morgan fingerprint density at radius 3 is 2.21 bits per heavy atom. The molecule has 0 N–H and O–H groups in total. The fourth-order valence-electron chi connectivity index (χ4n) is 4.74. The quantitative estimate of drug-likeness (QED) is 0.274. The van der Waals surface area contributed by atoms with E-state index in [1.165, 1.54) is 0 Å². The molecule has 0 atom stereocenters. The summed E-state index contributed by atoms with van der Waals surface area (Å²) in [5, 5.41) is 3.12. The van der Waals surface area contributed by atoms with Crippen molar-refractivity contribution in [1.29, 1.82) is 0 Å². The maximum Gasteiger partial charge on any atom is 0.226 e. The number of benzene rings is 3. The normalized spacial score (nSPS) is 13.2. The van der Waals surface area contributed by atoms with Gasteiger partial charge in [0.1, 0.15) is 22.5 Å². The predicted octanol–water partition coefficient (Wildman–Crippen LogP) is 7.46. The summed E-state index contributed by atoms with van der Waals surface area (Å²) in [5.41, 5.74) is 5.24. The van der Waals surface area contributed by atoms with Gasteiger partial charge in [-0.2, -0.15) is 9.97 Å². The summed E-state index contributed by atoms with van der Waals surface area (Å²) >= 11 is 6.44. The van der Waals surface area contributed by atoms with E-state index >= 15 is 0 Å². The molecule has 5 nitrogen and oxygen atoms in total. The van der Waals surface area contributed by atoms with Crippen LogP contribution in [0.25, 0.3) is 61.8 Å². The van der Waals surface area contributed by atoms with Crippen LogP contribution in [0.4, 0.5) is 0 Å². The summed E-state index contributed by atoms with van der Waals surface area (Å²) in [4.78, 5) is 13.9. The van der Waals surface area contributed by atoms with E-state index in [2.05, 4.69) is 22.1 Å². The Morgan fingerprint density at radius 1 is 0.697 bits per heavy atom. The van der Waals surface area contributed by atoms with Crippen molar-refractivity contribution < 1.29 is 8.83 Å². The smallest absolute Gasteiger partial charge is 0.226 e. The minimum absolute atomic E-state index is 0.143. The van der Waals surface area contributed by atoms with Crippen LogP contribution < -0.4 is 0 Å². The summed E-state index contributed by atoms with van der Waals surface area (Å²) < 4.78 is 12.2. The molecule has 0 fully saturated rings. The molecule has 0 saturated carbocycles. The van der Waals surface area contributed by atoms with Gasteiger partial charge in [0.2, 0.25) is 5.28 Å². The lowest BCUT2D eigenvalue weighted by molar-refractivity contribution is 0.546. The first kappa shape index (κ1) is 18.6. The topological polar surface area (TPSA) is 65.0 Å². The summed E-state index contributed by atoms with van der Waals surface area (Å²) in [5.74, 6) is 2.02. The molecule has 3 aromatic carbocycles. The Balaban J connectivity index is 1.50. The van der Waals surface area contributed by atoms with Crippen molar-refractivity contribution in [2.75, 3.05) is 0 Å². The van der Waals surface area contributed by atoms with Crippen molar-refractivity contribution in [2.45, 2.75) is 12.8 Å². The Kier molecular flexibility index (Phi) is 3.96. The zero-order valence-corrected chi connectivity index (χ0v) is 18.1. The van der Waals surface area contributed by atoms with Crippen LogP contribution in [0.15, 0.2) is 75.6 Å². The highest BCUT2D eigenvalue weighted by atomic mass is 35.5. The van der Waals surface area contributed by atoms with Gasteiger partial charge >= 0.3 is 0 Å². The van der Waals surface area contributed by atoms with Gasteiger partial charge in [0.25, 0.3) is 0 Å². The van der Waals surface area contributed by atoms with Gasteiger partial charge < -0.3 is 8.83 Å². The van der Waals surface area contributed by atoms with E-state index in [1.54, 1.807) is 0 Å². The average Bonchev–Trinajstić information content (AvgIpc) is 3.42. The molecular formula is C27H16ClN3O2. The molecule has 0 spiro atoms. The number of para-hydroxylation sites is 1. The number of allylic oxidation sites excluding steroid dienone is 1. The second kappa shape index (κ2) is 7.02. The van der Waals surface area contributed by atoms with E-state index in [4.69, 9.17) is 25.4 Å². The fourth-order valence-corrected chi connectivity index (χ4v) is 4.90. The molecular weight excluding hydrogens is 434 g/mol. The molecule has 3 aromatic heterocycles. The zero-order chi connectivity index (χ0) is 21.9. The largest absolute Gasteiger partial charge is 0.460 e. The number of halogens is 1. The number of aromatic nitrogens is 3. The molecule has 7 rings (SSSR count). The van der Waals surface area contributed by atoms with Gasteiger partial charge in [0, 0.05) is 39.3 Å². The Bertz CT molecular complexity index is 1750. The van der Waals surface area contributed by atoms with Gasteiger partial charge in [-0.1, -0.05) is 54.6 Å². The van der Waals surface area contributed by atoms with Crippen LogP contribution in [-0.2, 0) is 6.42 Å². The molecule has 0 saturated heterocycles. The van der Waals surface area contributed by atoms with E-state index < -0.39 is 0 Å². The third-order valence-electron chi connectivity index (χ3n) is 6.14. The van der Waals surface area contributed by atoms with Crippen LogP contribution in [0.2, 0.25) is 5.28 Å². The molecule has 3 heterocycles. The molecule has 0 amide bonds. The number of hydrogen-bond acceptors (Lipinski definition) is 5. The standard InChI is InChI=1S/C27H16ClN3O2/c28-27-30-25(17-9-5-13-21-23(17)15-7-1-3-11-19(15)32-21)29-26(31-27)18-10-6-14-22-24(18)16-8-2-4-12-20(16)33-22/h1-3,5-11,13-14H,4,12H2. The lowest BCUT2D eigenvalue weighted by Gasteiger charge is -2.08. The number of fused-ring (bicyclic) bond motifs is 6. The van der Waals surface area contributed by atoms with Gasteiger partial charge in [-0.15, -0.1) is 0 Å². The molecule has 158 valence electrons. The van der Waals surface area contributed by atoms with Crippen LogP contribution >= 0.6 is 11.6 Å². The third-order valence-corrected chi connectivity index (χ3v) is 6.31. The van der Waals surface area contributed by atoms with Crippen LogP contribution in [0, 0.1) is 0 Å². The molecule has 0 bridgehead atoms. The molecule has 1 aliphatic rings. The molecule has 0 aliphatic heterocycles. The van der Waals surface area contributed by atoms with Gasteiger partial charge in [-0.05, 0) is 36.2 Å². The number of rotatable bonds is 2. The van der Waals surface area contributed by atoms with E-state index in [0.717, 1.165) is 68.2 Å². The van der Waals surface area contributed by atoms with Crippen molar-refractivity contribution in [3.05, 3.63) is 83.3 Å². The number of furan rings is 2. The summed E-state index contributed by atoms with van der Waals surface area (Å²) in [7, 11) is 0. The van der Waals surface area contributed by atoms with Gasteiger partial charge in [-0.25, -0.2) is 4.98 Å². The minimum atomic E-state index is 0.143. The van der Waals surface area contributed by atoms with E-state index in [0.29, 0.717) is 11.6 Å².